The van der Waals surface area contributed by atoms with E-state index in [0.717, 1.165) is 23.4 Å². The van der Waals surface area contributed by atoms with Crippen molar-refractivity contribution in [2.24, 2.45) is 0 Å². The number of halogens is 4. The lowest BCUT2D eigenvalue weighted by molar-refractivity contribution is -0.137. The van der Waals surface area contributed by atoms with Crippen LogP contribution in [0.2, 0.25) is 5.28 Å². The molecule has 0 radical (unpaired) electrons. The summed E-state index contributed by atoms with van der Waals surface area (Å²) < 4.78 is 44.0. The maximum Gasteiger partial charge on any atom is 0.416 e. The summed E-state index contributed by atoms with van der Waals surface area (Å²) in [5.41, 5.74) is 1.05. The second-order valence-electron chi connectivity index (χ2n) is 5.89. The van der Waals surface area contributed by atoms with Crippen molar-refractivity contribution in [2.75, 3.05) is 0 Å². The number of nitriles is 1. The van der Waals surface area contributed by atoms with Gasteiger partial charge in [0.05, 0.1) is 11.1 Å². The second-order valence-corrected chi connectivity index (χ2v) is 6.23. The summed E-state index contributed by atoms with van der Waals surface area (Å²) in [5.74, 6) is 0.199. The second kappa shape index (κ2) is 8.28. The number of rotatable bonds is 5. The van der Waals surface area contributed by atoms with E-state index in [2.05, 4.69) is 9.97 Å². The van der Waals surface area contributed by atoms with Gasteiger partial charge in [0.15, 0.2) is 0 Å². The molecule has 0 aliphatic carbocycles. The van der Waals surface area contributed by atoms with Gasteiger partial charge in [-0.2, -0.15) is 18.4 Å². The average Bonchev–Trinajstić information content (AvgIpc) is 2.67. The van der Waals surface area contributed by atoms with E-state index < -0.39 is 11.7 Å². The lowest BCUT2D eigenvalue weighted by Gasteiger charge is -2.11. The van der Waals surface area contributed by atoms with Crippen molar-refractivity contribution in [2.45, 2.75) is 19.0 Å². The molecule has 3 aromatic rings. The maximum absolute atomic E-state index is 12.8. The number of alkyl halides is 3. The molecule has 0 bridgehead atoms. The van der Waals surface area contributed by atoms with E-state index in [-0.39, 0.29) is 22.3 Å². The molecular formula is C20H13ClF3N3O. The summed E-state index contributed by atoms with van der Waals surface area (Å²) in [5, 5.41) is 9.55. The molecule has 0 unspecified atom stereocenters. The minimum atomic E-state index is -4.47. The SMILES string of the molecule is N#Cc1cc(CCc2ccnc(Cl)n2)ccc1Oc1cccc(C(F)(F)F)c1. The number of aryl methyl sites for hydroxylation is 2. The van der Waals surface area contributed by atoms with Gasteiger partial charge in [-0.1, -0.05) is 12.1 Å². The van der Waals surface area contributed by atoms with Crippen LogP contribution in [0.3, 0.4) is 0 Å². The average molecular weight is 404 g/mol. The first-order chi connectivity index (χ1) is 13.3. The topological polar surface area (TPSA) is 58.8 Å². The molecule has 8 heteroatoms. The molecule has 0 spiro atoms. The Kier molecular flexibility index (Phi) is 5.81. The first-order valence-electron chi connectivity index (χ1n) is 8.21. The predicted molar refractivity (Wildman–Crippen MR) is 97.1 cm³/mol. The fourth-order valence-corrected chi connectivity index (χ4v) is 2.72. The molecule has 2 aromatic carbocycles. The first-order valence-corrected chi connectivity index (χ1v) is 8.58. The van der Waals surface area contributed by atoms with Gasteiger partial charge in [0.1, 0.15) is 17.6 Å². The van der Waals surface area contributed by atoms with Gasteiger partial charge < -0.3 is 4.74 Å². The predicted octanol–water partition coefficient (Wildman–Crippen LogP) is 5.60. The molecule has 142 valence electrons. The van der Waals surface area contributed by atoms with Crippen LogP contribution in [-0.4, -0.2) is 9.97 Å². The highest BCUT2D eigenvalue weighted by molar-refractivity contribution is 6.28. The number of ether oxygens (including phenoxy) is 1. The number of hydrogen-bond donors (Lipinski definition) is 0. The van der Waals surface area contributed by atoms with Crippen molar-refractivity contribution < 1.29 is 17.9 Å². The highest BCUT2D eigenvalue weighted by Crippen LogP contribution is 2.33. The highest BCUT2D eigenvalue weighted by atomic mass is 35.5. The van der Waals surface area contributed by atoms with E-state index in [0.29, 0.717) is 12.8 Å². The van der Waals surface area contributed by atoms with E-state index in [4.69, 9.17) is 16.3 Å². The van der Waals surface area contributed by atoms with E-state index in [9.17, 15) is 18.4 Å². The molecule has 4 nitrogen and oxygen atoms in total. The van der Waals surface area contributed by atoms with E-state index in [1.54, 1.807) is 30.5 Å². The highest BCUT2D eigenvalue weighted by Gasteiger charge is 2.30. The van der Waals surface area contributed by atoms with E-state index in [1.807, 2.05) is 6.07 Å². The first kappa shape index (κ1) is 19.6. The number of hydrogen-bond acceptors (Lipinski definition) is 4. The Balaban J connectivity index is 1.76. The largest absolute Gasteiger partial charge is 0.456 e. The quantitative estimate of drug-likeness (QED) is 0.520. The monoisotopic (exact) mass is 403 g/mol. The summed E-state index contributed by atoms with van der Waals surface area (Å²) >= 11 is 5.76. The van der Waals surface area contributed by atoms with E-state index in [1.165, 1.54) is 12.1 Å². The van der Waals surface area contributed by atoms with Crippen LogP contribution >= 0.6 is 11.6 Å². The Morgan fingerprint density at radius 2 is 1.89 bits per heavy atom. The van der Waals surface area contributed by atoms with Crippen molar-refractivity contribution in [3.05, 3.63) is 82.4 Å². The Hall–Kier alpha value is -3.11. The lowest BCUT2D eigenvalue weighted by Crippen LogP contribution is -2.04. The van der Waals surface area contributed by atoms with Crippen molar-refractivity contribution in [3.8, 4) is 17.6 Å². The van der Waals surface area contributed by atoms with Crippen molar-refractivity contribution in [1.29, 1.82) is 5.26 Å². The molecule has 3 rings (SSSR count). The number of aromatic nitrogens is 2. The molecule has 0 saturated heterocycles. The van der Waals surface area contributed by atoms with Crippen LogP contribution in [-0.2, 0) is 19.0 Å². The summed E-state index contributed by atoms with van der Waals surface area (Å²) in [7, 11) is 0. The van der Waals surface area contributed by atoms with Gasteiger partial charge in [-0.3, -0.25) is 0 Å². The fourth-order valence-electron chi connectivity index (χ4n) is 2.55. The number of benzene rings is 2. The van der Waals surface area contributed by atoms with Crippen LogP contribution in [0.15, 0.2) is 54.7 Å². The third kappa shape index (κ3) is 4.99. The van der Waals surface area contributed by atoms with Crippen LogP contribution in [0.1, 0.15) is 22.4 Å². The summed E-state index contributed by atoms with van der Waals surface area (Å²) in [6.45, 7) is 0. The van der Waals surface area contributed by atoms with Gasteiger partial charge in [0.2, 0.25) is 5.28 Å². The van der Waals surface area contributed by atoms with Crippen LogP contribution in [0, 0.1) is 11.3 Å². The van der Waals surface area contributed by atoms with Gasteiger partial charge in [0.25, 0.3) is 0 Å². The molecule has 28 heavy (non-hydrogen) atoms. The molecular weight excluding hydrogens is 391 g/mol. The minimum Gasteiger partial charge on any atom is -0.456 e. The van der Waals surface area contributed by atoms with Crippen molar-refractivity contribution in [1.82, 2.24) is 9.97 Å². The molecule has 0 aliphatic rings. The third-order valence-corrected chi connectivity index (χ3v) is 4.09. The lowest BCUT2D eigenvalue weighted by atomic mass is 10.0. The maximum atomic E-state index is 12.8. The van der Waals surface area contributed by atoms with Crippen LogP contribution < -0.4 is 4.74 Å². The molecule has 0 N–H and O–H groups in total. The van der Waals surface area contributed by atoms with Crippen LogP contribution in [0.5, 0.6) is 11.5 Å². The Bertz CT molecular complexity index is 1030. The zero-order chi connectivity index (χ0) is 20.1. The summed E-state index contributed by atoms with van der Waals surface area (Å²) in [6.07, 6.45) is -1.70. The third-order valence-electron chi connectivity index (χ3n) is 3.91. The smallest absolute Gasteiger partial charge is 0.416 e. The normalized spacial score (nSPS) is 11.1. The van der Waals surface area contributed by atoms with Gasteiger partial charge >= 0.3 is 6.18 Å². The van der Waals surface area contributed by atoms with Gasteiger partial charge in [-0.05, 0) is 66.4 Å². The van der Waals surface area contributed by atoms with Gasteiger partial charge in [0, 0.05) is 11.9 Å². The molecule has 0 aliphatic heterocycles. The van der Waals surface area contributed by atoms with Crippen molar-refractivity contribution >= 4 is 11.6 Å². The van der Waals surface area contributed by atoms with Gasteiger partial charge in [-0.25, -0.2) is 9.97 Å². The zero-order valence-electron chi connectivity index (χ0n) is 14.4. The molecule has 0 saturated carbocycles. The Morgan fingerprint density at radius 1 is 1.07 bits per heavy atom. The van der Waals surface area contributed by atoms with E-state index >= 15 is 0 Å². The fraction of sp³-hybridized carbons (Fsp3) is 0.150. The molecule has 1 aromatic heterocycles. The Labute approximate surface area is 164 Å². The summed E-state index contributed by atoms with van der Waals surface area (Å²) in [6, 6.07) is 13.3. The Morgan fingerprint density at radius 3 is 2.61 bits per heavy atom. The van der Waals surface area contributed by atoms with Gasteiger partial charge in [-0.15, -0.1) is 0 Å². The zero-order valence-corrected chi connectivity index (χ0v) is 15.1. The molecule has 1 heterocycles. The standard InChI is InChI=1S/C20H13ClF3N3O/c21-19-26-9-8-16(27-19)6-4-13-5-7-18(14(10-13)12-25)28-17-3-1-2-15(11-17)20(22,23)24/h1-3,5,7-11H,4,6H2. The molecule has 0 fully saturated rings. The number of nitrogens with zero attached hydrogens (tertiary/aromatic N) is 3. The van der Waals surface area contributed by atoms with Crippen molar-refractivity contribution in [3.63, 3.8) is 0 Å². The summed E-state index contributed by atoms with van der Waals surface area (Å²) in [4.78, 5) is 7.92. The minimum absolute atomic E-state index is 0.00898. The van der Waals surface area contributed by atoms with Crippen LogP contribution in [0.4, 0.5) is 13.2 Å². The molecule has 0 atom stereocenters. The van der Waals surface area contributed by atoms with Crippen LogP contribution in [0.25, 0.3) is 0 Å². The molecule has 0 amide bonds.